The highest BCUT2D eigenvalue weighted by atomic mass is 19.4. The largest absolute Gasteiger partial charge is 0.416 e. The zero-order valence-corrected chi connectivity index (χ0v) is 15.6. The van der Waals surface area contributed by atoms with Crippen LogP contribution in [0, 0.1) is 5.92 Å². The van der Waals surface area contributed by atoms with Gasteiger partial charge < -0.3 is 10.1 Å². The Kier molecular flexibility index (Phi) is 6.72. The van der Waals surface area contributed by atoms with E-state index in [4.69, 9.17) is 4.74 Å². The molecule has 2 aliphatic rings. The van der Waals surface area contributed by atoms with Crippen molar-refractivity contribution in [2.45, 2.75) is 37.9 Å². The number of hydrogen-bond donors (Lipinski definition) is 1. The van der Waals surface area contributed by atoms with Crippen LogP contribution in [0.3, 0.4) is 0 Å². The second kappa shape index (κ2) is 9.05. The van der Waals surface area contributed by atoms with Gasteiger partial charge in [-0.3, -0.25) is 14.5 Å². The Balaban J connectivity index is 1.44. The number of ketones is 1. The lowest BCUT2D eigenvalue weighted by molar-refractivity contribution is -0.137. The second-order valence-corrected chi connectivity index (χ2v) is 7.50. The predicted molar refractivity (Wildman–Crippen MR) is 96.9 cm³/mol. The van der Waals surface area contributed by atoms with E-state index in [-0.39, 0.29) is 23.8 Å². The normalized spacial score (nSPS) is 21.6. The number of halogens is 3. The van der Waals surface area contributed by atoms with Gasteiger partial charge in [-0.15, -0.1) is 0 Å². The Morgan fingerprint density at radius 2 is 1.93 bits per heavy atom. The summed E-state index contributed by atoms with van der Waals surface area (Å²) in [4.78, 5) is 26.7. The molecule has 0 aromatic heterocycles. The van der Waals surface area contributed by atoms with Crippen LogP contribution in [0.15, 0.2) is 24.3 Å². The van der Waals surface area contributed by atoms with E-state index in [1.54, 1.807) is 0 Å². The van der Waals surface area contributed by atoms with Gasteiger partial charge in [0.2, 0.25) is 0 Å². The number of rotatable bonds is 6. The van der Waals surface area contributed by atoms with Crippen molar-refractivity contribution < 1.29 is 27.5 Å². The summed E-state index contributed by atoms with van der Waals surface area (Å²) in [6.45, 7) is 3.25. The van der Waals surface area contributed by atoms with Crippen LogP contribution in [-0.2, 0) is 15.7 Å². The van der Waals surface area contributed by atoms with Gasteiger partial charge in [0.1, 0.15) is 0 Å². The zero-order chi connectivity index (χ0) is 20.1. The summed E-state index contributed by atoms with van der Waals surface area (Å²) < 4.78 is 43.6. The molecule has 1 aromatic carbocycles. The molecule has 2 heterocycles. The molecular weight excluding hydrogens is 373 g/mol. The Hall–Kier alpha value is -1.93. The smallest absolute Gasteiger partial charge is 0.381 e. The molecular formula is C20H25F3N2O3. The van der Waals surface area contributed by atoms with Crippen molar-refractivity contribution in [2.24, 2.45) is 5.92 Å². The second-order valence-electron chi connectivity index (χ2n) is 7.50. The number of hydrogen-bond acceptors (Lipinski definition) is 4. The van der Waals surface area contributed by atoms with Gasteiger partial charge in [-0.05, 0) is 49.9 Å². The van der Waals surface area contributed by atoms with E-state index in [1.807, 2.05) is 0 Å². The first kappa shape index (κ1) is 20.8. The van der Waals surface area contributed by atoms with E-state index < -0.39 is 17.6 Å². The van der Waals surface area contributed by atoms with Crippen molar-refractivity contribution in [3.05, 3.63) is 35.4 Å². The third-order valence-electron chi connectivity index (χ3n) is 5.44. The molecule has 0 unspecified atom stereocenters. The Morgan fingerprint density at radius 1 is 1.18 bits per heavy atom. The molecule has 0 radical (unpaired) electrons. The van der Waals surface area contributed by atoms with Crippen LogP contribution >= 0.6 is 0 Å². The summed E-state index contributed by atoms with van der Waals surface area (Å²) in [5, 5.41) is 2.44. The SMILES string of the molecule is O=C(CNC(=O)c1cccc(C(F)(F)F)c1)C[C@H]1CCN(C2CCOCC2)C1. The van der Waals surface area contributed by atoms with E-state index in [2.05, 4.69) is 10.2 Å². The Morgan fingerprint density at radius 3 is 2.64 bits per heavy atom. The maximum absolute atomic E-state index is 12.7. The van der Waals surface area contributed by atoms with Crippen LogP contribution in [-0.4, -0.2) is 55.5 Å². The highest BCUT2D eigenvalue weighted by molar-refractivity contribution is 5.96. The number of nitrogens with one attached hydrogen (secondary N) is 1. The molecule has 1 N–H and O–H groups in total. The van der Waals surface area contributed by atoms with E-state index in [9.17, 15) is 22.8 Å². The molecule has 0 spiro atoms. The van der Waals surface area contributed by atoms with E-state index in [0.29, 0.717) is 12.5 Å². The topological polar surface area (TPSA) is 58.6 Å². The average Bonchev–Trinajstić information content (AvgIpc) is 3.14. The lowest BCUT2D eigenvalue weighted by Gasteiger charge is -2.31. The van der Waals surface area contributed by atoms with Gasteiger partial charge in [-0.2, -0.15) is 13.2 Å². The molecule has 0 bridgehead atoms. The number of Topliss-reactive ketones (excluding diaryl/α,β-unsaturated/α-hetero) is 1. The standard InChI is InChI=1S/C20H25F3N2O3/c21-20(22,23)16-3-1-2-15(11-16)19(27)24-12-18(26)10-14-4-7-25(13-14)17-5-8-28-9-6-17/h1-3,11,14,17H,4-10,12-13H2,(H,24,27)/t14-/m1/s1. The molecule has 2 aliphatic heterocycles. The van der Waals surface area contributed by atoms with Crippen LogP contribution in [0.4, 0.5) is 13.2 Å². The first-order valence-corrected chi connectivity index (χ1v) is 9.62. The van der Waals surface area contributed by atoms with Gasteiger partial charge in [-0.25, -0.2) is 0 Å². The monoisotopic (exact) mass is 398 g/mol. The molecule has 0 aliphatic carbocycles. The van der Waals surface area contributed by atoms with Crippen LogP contribution in [0.1, 0.15) is 41.6 Å². The van der Waals surface area contributed by atoms with Gasteiger partial charge in [0.05, 0.1) is 12.1 Å². The van der Waals surface area contributed by atoms with Crippen molar-refractivity contribution in [3.63, 3.8) is 0 Å². The number of nitrogens with zero attached hydrogens (tertiary/aromatic N) is 1. The molecule has 1 atom stereocenters. The first-order chi connectivity index (χ1) is 13.3. The summed E-state index contributed by atoms with van der Waals surface area (Å²) in [5.41, 5.74) is -0.986. The fraction of sp³-hybridized carbons (Fsp3) is 0.600. The van der Waals surface area contributed by atoms with Crippen LogP contribution in [0.2, 0.25) is 0 Å². The molecule has 28 heavy (non-hydrogen) atoms. The zero-order valence-electron chi connectivity index (χ0n) is 15.6. The third-order valence-corrected chi connectivity index (χ3v) is 5.44. The van der Waals surface area contributed by atoms with E-state index in [1.165, 1.54) is 12.1 Å². The number of likely N-dealkylation sites (tertiary alicyclic amines) is 1. The van der Waals surface area contributed by atoms with Gasteiger partial charge >= 0.3 is 6.18 Å². The molecule has 1 aromatic rings. The lowest BCUT2D eigenvalue weighted by atomic mass is 10.0. The third kappa shape index (κ3) is 5.54. The summed E-state index contributed by atoms with van der Waals surface area (Å²) in [5.74, 6) is -0.505. The first-order valence-electron chi connectivity index (χ1n) is 9.62. The van der Waals surface area contributed by atoms with Crippen LogP contribution < -0.4 is 5.32 Å². The van der Waals surface area contributed by atoms with Crippen molar-refractivity contribution >= 4 is 11.7 Å². The molecule has 3 rings (SSSR count). The maximum Gasteiger partial charge on any atom is 0.416 e. The van der Waals surface area contributed by atoms with Gasteiger partial charge in [-0.1, -0.05) is 6.07 Å². The summed E-state index contributed by atoms with van der Waals surface area (Å²) in [7, 11) is 0. The Labute approximate surface area is 162 Å². The molecule has 154 valence electrons. The van der Waals surface area contributed by atoms with Crippen molar-refractivity contribution in [3.8, 4) is 0 Å². The van der Waals surface area contributed by atoms with E-state index in [0.717, 1.165) is 57.7 Å². The minimum atomic E-state index is -4.51. The number of carbonyl (C=O) groups is 2. The number of carbonyl (C=O) groups excluding carboxylic acids is 2. The fourth-order valence-corrected chi connectivity index (χ4v) is 3.92. The molecule has 1 amide bonds. The van der Waals surface area contributed by atoms with Crippen molar-refractivity contribution in [1.82, 2.24) is 10.2 Å². The number of alkyl halides is 3. The van der Waals surface area contributed by atoms with Crippen LogP contribution in [0.5, 0.6) is 0 Å². The Bertz CT molecular complexity index is 702. The molecule has 2 fully saturated rings. The average molecular weight is 398 g/mol. The minimum Gasteiger partial charge on any atom is -0.381 e. The minimum absolute atomic E-state index is 0.0980. The predicted octanol–water partition coefficient (Wildman–Crippen LogP) is 2.90. The quantitative estimate of drug-likeness (QED) is 0.801. The number of ether oxygens (including phenoxy) is 1. The van der Waals surface area contributed by atoms with Crippen molar-refractivity contribution in [1.29, 1.82) is 0 Å². The summed E-state index contributed by atoms with van der Waals surface area (Å²) in [6.07, 6.45) is -1.14. The molecule has 0 saturated carbocycles. The molecule has 8 heteroatoms. The lowest BCUT2D eigenvalue weighted by Crippen LogP contribution is -2.38. The van der Waals surface area contributed by atoms with Crippen LogP contribution in [0.25, 0.3) is 0 Å². The van der Waals surface area contributed by atoms with Gasteiger partial charge in [0.15, 0.2) is 5.78 Å². The van der Waals surface area contributed by atoms with Gasteiger partial charge in [0, 0.05) is 37.8 Å². The highest BCUT2D eigenvalue weighted by Gasteiger charge is 2.32. The number of amides is 1. The summed E-state index contributed by atoms with van der Waals surface area (Å²) >= 11 is 0. The van der Waals surface area contributed by atoms with E-state index >= 15 is 0 Å². The fourth-order valence-electron chi connectivity index (χ4n) is 3.92. The van der Waals surface area contributed by atoms with Crippen molar-refractivity contribution in [2.75, 3.05) is 32.8 Å². The van der Waals surface area contributed by atoms with Gasteiger partial charge in [0.25, 0.3) is 5.91 Å². The molecule has 5 nitrogen and oxygen atoms in total. The number of benzene rings is 1. The maximum atomic E-state index is 12.7. The summed E-state index contributed by atoms with van der Waals surface area (Å²) in [6, 6.07) is 4.71. The highest BCUT2D eigenvalue weighted by Crippen LogP contribution is 2.29. The molecule has 2 saturated heterocycles.